The number of nitrogens with one attached hydrogen (secondary N) is 1. The summed E-state index contributed by atoms with van der Waals surface area (Å²) in [6.07, 6.45) is 0. The maximum absolute atomic E-state index is 6.00. The van der Waals surface area contributed by atoms with Crippen molar-refractivity contribution < 1.29 is 9.47 Å². The van der Waals surface area contributed by atoms with Crippen LogP contribution in [0.1, 0.15) is 5.56 Å². The Morgan fingerprint density at radius 3 is 2.80 bits per heavy atom. The zero-order valence-corrected chi connectivity index (χ0v) is 14.2. The molecule has 0 bridgehead atoms. The smallest absolute Gasteiger partial charge is 0.231 e. The van der Waals surface area contributed by atoms with Crippen LogP contribution in [0.5, 0.6) is 11.5 Å². The highest BCUT2D eigenvalue weighted by Gasteiger charge is 2.17. The van der Waals surface area contributed by atoms with Gasteiger partial charge in [-0.2, -0.15) is 0 Å². The zero-order valence-electron chi connectivity index (χ0n) is 10.3. The van der Waals surface area contributed by atoms with Gasteiger partial charge in [0.25, 0.3) is 0 Å². The van der Waals surface area contributed by atoms with Crippen LogP contribution in [0.15, 0.2) is 39.3 Å². The molecule has 20 heavy (non-hydrogen) atoms. The second-order valence-corrected chi connectivity index (χ2v) is 6.43. The lowest BCUT2D eigenvalue weighted by molar-refractivity contribution is 0.173. The van der Waals surface area contributed by atoms with Crippen LogP contribution in [0.3, 0.4) is 0 Å². The Bertz CT molecular complexity index is 664. The first kappa shape index (κ1) is 14.0. The lowest BCUT2D eigenvalue weighted by Crippen LogP contribution is -2.00. The van der Waals surface area contributed by atoms with Crippen molar-refractivity contribution in [2.45, 2.75) is 6.54 Å². The molecule has 104 valence electrons. The van der Waals surface area contributed by atoms with E-state index >= 15 is 0 Å². The molecule has 1 heterocycles. The summed E-state index contributed by atoms with van der Waals surface area (Å²) in [5.74, 6) is 1.53. The Balaban J connectivity index is 1.79. The van der Waals surface area contributed by atoms with E-state index < -0.39 is 0 Å². The predicted octanol–water partition coefficient (Wildman–Crippen LogP) is 5.21. The largest absolute Gasteiger partial charge is 0.454 e. The lowest BCUT2D eigenvalue weighted by atomic mass is 10.2. The Labute approximate surface area is 138 Å². The molecule has 0 unspecified atom stereocenters. The van der Waals surface area contributed by atoms with Crippen molar-refractivity contribution >= 4 is 49.1 Å². The number of halogens is 3. The van der Waals surface area contributed by atoms with Crippen LogP contribution in [-0.4, -0.2) is 6.79 Å². The molecule has 0 saturated heterocycles. The number of rotatable bonds is 3. The number of fused-ring (bicyclic) bond motifs is 1. The number of ether oxygens (including phenoxy) is 2. The fourth-order valence-corrected chi connectivity index (χ4v) is 3.12. The maximum atomic E-state index is 6.00. The molecule has 0 aliphatic carbocycles. The van der Waals surface area contributed by atoms with Crippen LogP contribution in [-0.2, 0) is 6.54 Å². The van der Waals surface area contributed by atoms with E-state index in [0.29, 0.717) is 11.6 Å². The number of hydrogen-bond acceptors (Lipinski definition) is 3. The summed E-state index contributed by atoms with van der Waals surface area (Å²) in [4.78, 5) is 0. The number of anilines is 1. The minimum absolute atomic E-state index is 0.269. The molecule has 1 aliphatic rings. The first-order valence-electron chi connectivity index (χ1n) is 5.90. The second-order valence-electron chi connectivity index (χ2n) is 4.29. The van der Waals surface area contributed by atoms with E-state index in [2.05, 4.69) is 37.2 Å². The zero-order chi connectivity index (χ0) is 14.1. The van der Waals surface area contributed by atoms with Crippen LogP contribution >= 0.6 is 43.5 Å². The molecule has 0 amide bonds. The van der Waals surface area contributed by atoms with E-state index in [1.165, 1.54) is 0 Å². The molecule has 2 aromatic carbocycles. The molecule has 0 atom stereocenters. The molecule has 1 N–H and O–H groups in total. The summed E-state index contributed by atoms with van der Waals surface area (Å²) in [6.45, 7) is 0.929. The van der Waals surface area contributed by atoms with Gasteiger partial charge in [0.05, 0.1) is 10.2 Å². The average molecular weight is 420 g/mol. The summed E-state index contributed by atoms with van der Waals surface area (Å²) >= 11 is 13.0. The molecular weight excluding hydrogens is 409 g/mol. The molecule has 0 aromatic heterocycles. The lowest BCUT2D eigenvalue weighted by Gasteiger charge is -2.10. The molecular formula is C14H10Br2ClNO2. The summed E-state index contributed by atoms with van der Waals surface area (Å²) in [6, 6.07) is 9.62. The van der Waals surface area contributed by atoms with Crippen molar-refractivity contribution in [3.63, 3.8) is 0 Å². The quantitative estimate of drug-likeness (QED) is 0.741. The van der Waals surface area contributed by atoms with Gasteiger partial charge in [-0.15, -0.1) is 0 Å². The Hall–Kier alpha value is -0.910. The van der Waals surface area contributed by atoms with Gasteiger partial charge >= 0.3 is 0 Å². The summed E-state index contributed by atoms with van der Waals surface area (Å²) in [5, 5.41) is 4.04. The highest BCUT2D eigenvalue weighted by molar-refractivity contribution is 9.11. The molecule has 0 radical (unpaired) electrons. The molecule has 0 fully saturated rings. The monoisotopic (exact) mass is 417 g/mol. The Morgan fingerprint density at radius 1 is 1.10 bits per heavy atom. The van der Waals surface area contributed by atoms with Crippen molar-refractivity contribution in [2.75, 3.05) is 12.1 Å². The van der Waals surface area contributed by atoms with E-state index in [1.54, 1.807) is 0 Å². The first-order chi connectivity index (χ1) is 9.63. The van der Waals surface area contributed by atoms with Gasteiger partial charge in [-0.05, 0) is 67.8 Å². The van der Waals surface area contributed by atoms with Crippen molar-refractivity contribution in [1.29, 1.82) is 0 Å². The van der Waals surface area contributed by atoms with Gasteiger partial charge in [0, 0.05) is 16.0 Å². The van der Waals surface area contributed by atoms with Crippen molar-refractivity contribution in [1.82, 2.24) is 0 Å². The number of hydrogen-bond donors (Lipinski definition) is 1. The van der Waals surface area contributed by atoms with Crippen molar-refractivity contribution in [2.24, 2.45) is 0 Å². The number of benzene rings is 2. The second kappa shape index (κ2) is 5.84. The fraction of sp³-hybridized carbons (Fsp3) is 0.143. The van der Waals surface area contributed by atoms with Gasteiger partial charge in [-0.1, -0.05) is 11.6 Å². The SMILES string of the molecule is Clc1ccc(Br)c(NCc2cc(Br)c3c(c2)OCO3)c1. The van der Waals surface area contributed by atoms with Gasteiger partial charge in [-0.3, -0.25) is 0 Å². The molecule has 6 heteroatoms. The molecule has 3 nitrogen and oxygen atoms in total. The molecule has 0 saturated carbocycles. The van der Waals surface area contributed by atoms with E-state index in [-0.39, 0.29) is 6.79 Å². The van der Waals surface area contributed by atoms with Gasteiger partial charge in [0.1, 0.15) is 0 Å². The van der Waals surface area contributed by atoms with Crippen LogP contribution in [0, 0.1) is 0 Å². The highest BCUT2D eigenvalue weighted by atomic mass is 79.9. The van der Waals surface area contributed by atoms with Crippen molar-refractivity contribution in [3.8, 4) is 11.5 Å². The third-order valence-electron chi connectivity index (χ3n) is 2.90. The minimum Gasteiger partial charge on any atom is -0.454 e. The maximum Gasteiger partial charge on any atom is 0.231 e. The third-order valence-corrected chi connectivity index (χ3v) is 4.41. The van der Waals surface area contributed by atoms with Crippen LogP contribution in [0.2, 0.25) is 5.02 Å². The molecule has 3 rings (SSSR count). The normalized spacial score (nSPS) is 12.6. The molecule has 2 aromatic rings. The summed E-state index contributed by atoms with van der Waals surface area (Å²) in [5.41, 5.74) is 2.04. The average Bonchev–Trinajstić information content (AvgIpc) is 2.89. The standard InChI is InChI=1S/C14H10Br2ClNO2/c15-10-2-1-9(17)5-12(10)18-6-8-3-11(16)14-13(4-8)19-7-20-14/h1-5,18H,6-7H2. The molecule has 1 aliphatic heterocycles. The Kier molecular flexibility index (Phi) is 4.10. The summed E-state index contributed by atoms with van der Waals surface area (Å²) < 4.78 is 12.6. The van der Waals surface area contributed by atoms with E-state index in [9.17, 15) is 0 Å². The van der Waals surface area contributed by atoms with Gasteiger partial charge in [0.15, 0.2) is 11.5 Å². The first-order valence-corrected chi connectivity index (χ1v) is 7.87. The minimum atomic E-state index is 0.269. The van der Waals surface area contributed by atoms with Crippen LogP contribution < -0.4 is 14.8 Å². The van der Waals surface area contributed by atoms with Crippen LogP contribution in [0.25, 0.3) is 0 Å². The molecule has 0 spiro atoms. The highest BCUT2D eigenvalue weighted by Crippen LogP contribution is 2.40. The summed E-state index contributed by atoms with van der Waals surface area (Å²) in [7, 11) is 0. The van der Waals surface area contributed by atoms with E-state index in [0.717, 1.165) is 31.7 Å². The predicted molar refractivity (Wildman–Crippen MR) is 86.7 cm³/mol. The fourth-order valence-electron chi connectivity index (χ4n) is 1.95. The van der Waals surface area contributed by atoms with Gasteiger partial charge < -0.3 is 14.8 Å². The topological polar surface area (TPSA) is 30.5 Å². The van der Waals surface area contributed by atoms with Gasteiger partial charge in [0.2, 0.25) is 6.79 Å². The van der Waals surface area contributed by atoms with Crippen LogP contribution in [0.4, 0.5) is 5.69 Å². The van der Waals surface area contributed by atoms with Gasteiger partial charge in [-0.25, -0.2) is 0 Å². The van der Waals surface area contributed by atoms with Crippen molar-refractivity contribution in [3.05, 3.63) is 49.9 Å². The van der Waals surface area contributed by atoms with E-state index in [1.807, 2.05) is 30.3 Å². The Morgan fingerprint density at radius 2 is 1.95 bits per heavy atom. The third kappa shape index (κ3) is 2.90. The van der Waals surface area contributed by atoms with E-state index in [4.69, 9.17) is 21.1 Å².